The number of carboxylic acid groups (broad SMARTS) is 1. The lowest BCUT2D eigenvalue weighted by molar-refractivity contribution is 0.0600. The van der Waals surface area contributed by atoms with Crippen LogP contribution in [0.5, 0.6) is 0 Å². The number of rotatable bonds is 3. The highest BCUT2D eigenvalue weighted by Crippen LogP contribution is 2.28. The standard InChI is InChI=1S/C15H11N3O4/c1-22-15(21)9-4-2-8(3-5-9)12-11-10(14(19)20)6-16-13(11)18-7-17-12/h2-7H,1H3,(H,19,20)(H,16,17,18). The summed E-state index contributed by atoms with van der Waals surface area (Å²) >= 11 is 0. The van der Waals surface area contributed by atoms with Crippen LogP contribution in [0.15, 0.2) is 36.8 Å². The summed E-state index contributed by atoms with van der Waals surface area (Å²) in [5, 5.41) is 9.69. The Morgan fingerprint density at radius 1 is 1.18 bits per heavy atom. The molecule has 1 aromatic carbocycles. The van der Waals surface area contributed by atoms with Crippen molar-refractivity contribution in [3.63, 3.8) is 0 Å². The van der Waals surface area contributed by atoms with Crippen molar-refractivity contribution < 1.29 is 19.4 Å². The molecule has 3 aromatic rings. The van der Waals surface area contributed by atoms with Gasteiger partial charge in [0.05, 0.1) is 29.3 Å². The van der Waals surface area contributed by atoms with Crippen molar-refractivity contribution in [2.24, 2.45) is 0 Å². The molecule has 2 aromatic heterocycles. The number of nitrogens with zero attached hydrogens (tertiary/aromatic N) is 2. The molecule has 0 aliphatic heterocycles. The van der Waals surface area contributed by atoms with E-state index in [4.69, 9.17) is 0 Å². The highest BCUT2D eigenvalue weighted by atomic mass is 16.5. The molecule has 0 saturated heterocycles. The Hall–Kier alpha value is -3.22. The second kappa shape index (κ2) is 5.28. The highest BCUT2D eigenvalue weighted by Gasteiger charge is 2.17. The number of aromatic amines is 1. The molecule has 0 bridgehead atoms. The Labute approximate surface area is 124 Å². The van der Waals surface area contributed by atoms with Gasteiger partial charge in [-0.2, -0.15) is 0 Å². The average molecular weight is 297 g/mol. The van der Waals surface area contributed by atoms with Crippen molar-refractivity contribution in [3.05, 3.63) is 47.9 Å². The number of hydrogen-bond acceptors (Lipinski definition) is 5. The van der Waals surface area contributed by atoms with E-state index in [0.29, 0.717) is 27.9 Å². The highest BCUT2D eigenvalue weighted by molar-refractivity contribution is 6.07. The Kier molecular flexibility index (Phi) is 3.30. The number of aromatic carboxylic acids is 1. The van der Waals surface area contributed by atoms with Gasteiger partial charge in [-0.25, -0.2) is 19.6 Å². The number of benzene rings is 1. The monoisotopic (exact) mass is 297 g/mol. The van der Waals surface area contributed by atoms with Crippen LogP contribution in [0, 0.1) is 0 Å². The summed E-state index contributed by atoms with van der Waals surface area (Å²) in [6.07, 6.45) is 2.74. The van der Waals surface area contributed by atoms with Gasteiger partial charge < -0.3 is 14.8 Å². The number of H-pyrrole nitrogens is 1. The van der Waals surface area contributed by atoms with Crippen LogP contribution in [-0.4, -0.2) is 39.1 Å². The molecular weight excluding hydrogens is 286 g/mol. The number of aromatic nitrogens is 3. The van der Waals surface area contributed by atoms with Crippen LogP contribution < -0.4 is 0 Å². The van der Waals surface area contributed by atoms with Gasteiger partial charge in [0.1, 0.15) is 12.0 Å². The molecule has 7 nitrogen and oxygen atoms in total. The molecule has 110 valence electrons. The molecule has 2 N–H and O–H groups in total. The van der Waals surface area contributed by atoms with Gasteiger partial charge in [0, 0.05) is 11.8 Å². The van der Waals surface area contributed by atoms with Crippen LogP contribution in [0.4, 0.5) is 0 Å². The first-order valence-electron chi connectivity index (χ1n) is 6.36. The Balaban J connectivity index is 2.15. The van der Waals surface area contributed by atoms with Gasteiger partial charge in [0.25, 0.3) is 0 Å². The summed E-state index contributed by atoms with van der Waals surface area (Å²) in [5.74, 6) is -1.50. The number of carboxylic acids is 1. The number of esters is 1. The van der Waals surface area contributed by atoms with E-state index in [9.17, 15) is 14.7 Å². The molecule has 0 unspecified atom stereocenters. The van der Waals surface area contributed by atoms with Crippen LogP contribution in [0.2, 0.25) is 0 Å². The van der Waals surface area contributed by atoms with Crippen molar-refractivity contribution in [2.75, 3.05) is 7.11 Å². The number of ether oxygens (including phenoxy) is 1. The third-order valence-corrected chi connectivity index (χ3v) is 3.28. The summed E-state index contributed by atoms with van der Waals surface area (Å²) in [6.45, 7) is 0. The van der Waals surface area contributed by atoms with Crippen molar-refractivity contribution in [1.29, 1.82) is 0 Å². The van der Waals surface area contributed by atoms with Crippen LogP contribution >= 0.6 is 0 Å². The van der Waals surface area contributed by atoms with Gasteiger partial charge in [-0.1, -0.05) is 12.1 Å². The molecule has 0 atom stereocenters. The van der Waals surface area contributed by atoms with E-state index < -0.39 is 11.9 Å². The number of hydrogen-bond donors (Lipinski definition) is 2. The molecule has 0 fully saturated rings. The fraction of sp³-hybridized carbons (Fsp3) is 0.0667. The molecule has 0 spiro atoms. The summed E-state index contributed by atoms with van der Waals surface area (Å²) in [4.78, 5) is 33.8. The third-order valence-electron chi connectivity index (χ3n) is 3.28. The topological polar surface area (TPSA) is 105 Å². The Morgan fingerprint density at radius 2 is 1.91 bits per heavy atom. The molecule has 7 heteroatoms. The average Bonchev–Trinajstić information content (AvgIpc) is 2.98. The van der Waals surface area contributed by atoms with Gasteiger partial charge in [0.15, 0.2) is 0 Å². The summed E-state index contributed by atoms with van der Waals surface area (Å²) < 4.78 is 4.64. The maximum absolute atomic E-state index is 11.4. The number of carbonyl (C=O) groups excluding carboxylic acids is 1. The third kappa shape index (κ3) is 2.18. The smallest absolute Gasteiger partial charge is 0.338 e. The Bertz CT molecular complexity index is 868. The fourth-order valence-electron chi connectivity index (χ4n) is 2.23. The SMILES string of the molecule is COC(=O)c1ccc(-c2ncnc3[nH]cc(C(=O)O)c23)cc1. The second-order valence-corrected chi connectivity index (χ2v) is 4.52. The molecule has 0 saturated carbocycles. The summed E-state index contributed by atoms with van der Waals surface area (Å²) in [5.41, 5.74) is 2.12. The Morgan fingerprint density at radius 3 is 2.55 bits per heavy atom. The maximum atomic E-state index is 11.4. The van der Waals surface area contributed by atoms with Crippen molar-refractivity contribution in [1.82, 2.24) is 15.0 Å². The fourth-order valence-corrected chi connectivity index (χ4v) is 2.23. The lowest BCUT2D eigenvalue weighted by Gasteiger charge is -2.05. The number of methoxy groups -OCH3 is 1. The normalized spacial score (nSPS) is 10.6. The van der Waals surface area contributed by atoms with E-state index in [0.717, 1.165) is 0 Å². The molecule has 2 heterocycles. The van der Waals surface area contributed by atoms with Crippen LogP contribution in [-0.2, 0) is 4.74 Å². The lowest BCUT2D eigenvalue weighted by Crippen LogP contribution is -2.01. The van der Waals surface area contributed by atoms with Crippen molar-refractivity contribution >= 4 is 23.0 Å². The molecule has 0 aliphatic carbocycles. The van der Waals surface area contributed by atoms with Crippen molar-refractivity contribution in [3.8, 4) is 11.3 Å². The second-order valence-electron chi connectivity index (χ2n) is 4.52. The molecule has 0 radical (unpaired) electrons. The number of fused-ring (bicyclic) bond motifs is 1. The van der Waals surface area contributed by atoms with Crippen molar-refractivity contribution in [2.45, 2.75) is 0 Å². The van der Waals surface area contributed by atoms with E-state index in [1.165, 1.54) is 19.6 Å². The summed E-state index contributed by atoms with van der Waals surface area (Å²) in [6, 6.07) is 6.57. The van der Waals surface area contributed by atoms with Gasteiger partial charge in [0.2, 0.25) is 0 Å². The molecular formula is C15H11N3O4. The largest absolute Gasteiger partial charge is 0.478 e. The summed E-state index contributed by atoms with van der Waals surface area (Å²) in [7, 11) is 1.31. The molecule has 3 rings (SSSR count). The molecule has 22 heavy (non-hydrogen) atoms. The quantitative estimate of drug-likeness (QED) is 0.717. The van der Waals surface area contributed by atoms with Crippen LogP contribution in [0.1, 0.15) is 20.7 Å². The predicted molar refractivity (Wildman–Crippen MR) is 77.6 cm³/mol. The van der Waals surface area contributed by atoms with Gasteiger partial charge in [-0.15, -0.1) is 0 Å². The zero-order chi connectivity index (χ0) is 15.7. The molecule has 0 amide bonds. The van der Waals surface area contributed by atoms with Gasteiger partial charge >= 0.3 is 11.9 Å². The van der Waals surface area contributed by atoms with E-state index in [1.807, 2.05) is 0 Å². The molecule has 0 aliphatic rings. The van der Waals surface area contributed by atoms with Gasteiger partial charge in [-0.3, -0.25) is 0 Å². The minimum absolute atomic E-state index is 0.0997. The van der Waals surface area contributed by atoms with Crippen LogP contribution in [0.3, 0.4) is 0 Å². The zero-order valence-electron chi connectivity index (χ0n) is 11.5. The number of carbonyl (C=O) groups is 2. The van der Waals surface area contributed by atoms with Gasteiger partial charge in [-0.05, 0) is 12.1 Å². The van der Waals surface area contributed by atoms with E-state index in [1.54, 1.807) is 24.3 Å². The van der Waals surface area contributed by atoms with E-state index in [2.05, 4.69) is 19.7 Å². The van der Waals surface area contributed by atoms with E-state index >= 15 is 0 Å². The predicted octanol–water partition coefficient (Wildman–Crippen LogP) is 2.11. The zero-order valence-corrected chi connectivity index (χ0v) is 11.5. The number of nitrogens with one attached hydrogen (secondary N) is 1. The maximum Gasteiger partial charge on any atom is 0.338 e. The first kappa shape index (κ1) is 13.7. The first-order valence-corrected chi connectivity index (χ1v) is 6.36. The minimum atomic E-state index is -1.06. The van der Waals surface area contributed by atoms with Crippen LogP contribution in [0.25, 0.3) is 22.3 Å². The first-order chi connectivity index (χ1) is 10.6. The minimum Gasteiger partial charge on any atom is -0.478 e. The van der Waals surface area contributed by atoms with E-state index in [-0.39, 0.29) is 5.56 Å². The lowest BCUT2D eigenvalue weighted by atomic mass is 10.0.